The van der Waals surface area contributed by atoms with Gasteiger partial charge in [0.05, 0.1) is 15.9 Å². The van der Waals surface area contributed by atoms with Crippen molar-refractivity contribution in [3.8, 4) is 0 Å². The van der Waals surface area contributed by atoms with Crippen LogP contribution in [0.2, 0.25) is 0 Å². The van der Waals surface area contributed by atoms with Crippen molar-refractivity contribution in [2.75, 3.05) is 31.6 Å². The molecule has 1 aliphatic heterocycles. The smallest absolute Gasteiger partial charge is 0.160 e. The summed E-state index contributed by atoms with van der Waals surface area (Å²) in [5.74, 6) is 0. The summed E-state index contributed by atoms with van der Waals surface area (Å²) in [5, 5.41) is 1.19. The van der Waals surface area contributed by atoms with Gasteiger partial charge in [0.1, 0.15) is 0 Å². The van der Waals surface area contributed by atoms with E-state index in [2.05, 4.69) is 53.2 Å². The van der Waals surface area contributed by atoms with Crippen molar-refractivity contribution in [3.05, 3.63) is 52.9 Å². The van der Waals surface area contributed by atoms with Gasteiger partial charge in [-0.3, -0.25) is 4.79 Å². The van der Waals surface area contributed by atoms with Crippen LogP contribution in [0.5, 0.6) is 0 Å². The number of rotatable bonds is 3. The molecule has 0 spiro atoms. The average molecular weight is 286 g/mol. The lowest BCUT2D eigenvalue weighted by Crippen LogP contribution is -2.46. The standard InChI is InChI=1S/C16H18N2OS/c1-17-9-10-18(16-8-7-14(12-19)20-16)15(11-17)13-5-3-2-4-6-13/h2-8,12,15H,9-11H2,1H3. The molecule has 2 aromatic rings. The van der Waals surface area contributed by atoms with Crippen LogP contribution in [0, 0.1) is 0 Å². The molecule has 1 atom stereocenters. The highest BCUT2D eigenvalue weighted by molar-refractivity contribution is 7.17. The van der Waals surface area contributed by atoms with E-state index in [-0.39, 0.29) is 0 Å². The van der Waals surface area contributed by atoms with E-state index in [1.165, 1.54) is 10.6 Å². The van der Waals surface area contributed by atoms with Gasteiger partial charge < -0.3 is 9.80 Å². The molecule has 20 heavy (non-hydrogen) atoms. The topological polar surface area (TPSA) is 23.6 Å². The molecule has 104 valence electrons. The fourth-order valence-corrected chi connectivity index (χ4v) is 3.60. The van der Waals surface area contributed by atoms with Crippen LogP contribution in [0.15, 0.2) is 42.5 Å². The lowest BCUT2D eigenvalue weighted by atomic mass is 10.0. The molecule has 0 saturated carbocycles. The molecular formula is C16H18N2OS. The quantitative estimate of drug-likeness (QED) is 0.810. The van der Waals surface area contributed by atoms with Crippen molar-refractivity contribution in [1.82, 2.24) is 4.90 Å². The average Bonchev–Trinajstić information content (AvgIpc) is 2.97. The predicted octanol–water partition coefficient (Wildman–Crippen LogP) is 3.05. The zero-order valence-corrected chi connectivity index (χ0v) is 12.3. The van der Waals surface area contributed by atoms with Crippen LogP contribution in [0.3, 0.4) is 0 Å². The highest BCUT2D eigenvalue weighted by Crippen LogP contribution is 2.34. The SMILES string of the molecule is CN1CCN(c2ccc(C=O)s2)C(c2ccccc2)C1. The van der Waals surface area contributed by atoms with Gasteiger partial charge in [0.25, 0.3) is 0 Å². The van der Waals surface area contributed by atoms with Crippen LogP contribution in [-0.4, -0.2) is 37.9 Å². The summed E-state index contributed by atoms with van der Waals surface area (Å²) in [6.45, 7) is 3.06. The molecule has 0 aliphatic carbocycles. The van der Waals surface area contributed by atoms with Crippen molar-refractivity contribution < 1.29 is 4.79 Å². The number of nitrogens with zero attached hydrogens (tertiary/aromatic N) is 2. The van der Waals surface area contributed by atoms with Crippen LogP contribution < -0.4 is 4.90 Å². The summed E-state index contributed by atoms with van der Waals surface area (Å²) in [4.78, 5) is 16.5. The van der Waals surface area contributed by atoms with E-state index >= 15 is 0 Å². The molecule has 0 N–H and O–H groups in total. The van der Waals surface area contributed by atoms with E-state index in [1.54, 1.807) is 11.3 Å². The summed E-state index contributed by atoms with van der Waals surface area (Å²) < 4.78 is 0. The third-order valence-electron chi connectivity index (χ3n) is 3.78. The van der Waals surface area contributed by atoms with Gasteiger partial charge in [0.2, 0.25) is 0 Å². The Morgan fingerprint density at radius 1 is 1.15 bits per heavy atom. The molecule has 1 aromatic carbocycles. The van der Waals surface area contributed by atoms with Gasteiger partial charge in [-0.1, -0.05) is 30.3 Å². The number of hydrogen-bond donors (Lipinski definition) is 0. The summed E-state index contributed by atoms with van der Waals surface area (Å²) in [7, 11) is 2.17. The lowest BCUT2D eigenvalue weighted by Gasteiger charge is -2.41. The van der Waals surface area contributed by atoms with E-state index in [1.807, 2.05) is 6.07 Å². The van der Waals surface area contributed by atoms with E-state index in [0.717, 1.165) is 30.8 Å². The Hall–Kier alpha value is -1.65. The van der Waals surface area contributed by atoms with Crippen molar-refractivity contribution in [1.29, 1.82) is 0 Å². The Labute approximate surface area is 123 Å². The molecule has 1 aliphatic rings. The van der Waals surface area contributed by atoms with E-state index in [4.69, 9.17) is 0 Å². The van der Waals surface area contributed by atoms with E-state index < -0.39 is 0 Å². The highest BCUT2D eigenvalue weighted by Gasteiger charge is 2.27. The van der Waals surface area contributed by atoms with Gasteiger partial charge in [0.15, 0.2) is 6.29 Å². The van der Waals surface area contributed by atoms with Gasteiger partial charge in [-0.2, -0.15) is 0 Å². The number of carbonyl (C=O) groups is 1. The second kappa shape index (κ2) is 5.77. The number of anilines is 1. The molecule has 0 amide bonds. The van der Waals surface area contributed by atoms with Crippen molar-refractivity contribution in [3.63, 3.8) is 0 Å². The Kier molecular flexibility index (Phi) is 3.85. The molecule has 1 aromatic heterocycles. The molecule has 0 radical (unpaired) electrons. The maximum Gasteiger partial charge on any atom is 0.160 e. The molecule has 2 heterocycles. The monoisotopic (exact) mass is 286 g/mol. The molecule has 1 fully saturated rings. The first-order chi connectivity index (χ1) is 9.78. The third-order valence-corrected chi connectivity index (χ3v) is 4.83. The Balaban J connectivity index is 1.92. The van der Waals surface area contributed by atoms with Crippen LogP contribution in [0.25, 0.3) is 0 Å². The summed E-state index contributed by atoms with van der Waals surface area (Å²) >= 11 is 1.58. The summed E-state index contributed by atoms with van der Waals surface area (Å²) in [6.07, 6.45) is 0.932. The molecule has 4 heteroatoms. The Bertz CT molecular complexity index is 581. The number of aldehydes is 1. The van der Waals surface area contributed by atoms with Crippen LogP contribution in [-0.2, 0) is 0 Å². The number of hydrogen-bond acceptors (Lipinski definition) is 4. The van der Waals surface area contributed by atoms with Gasteiger partial charge in [-0.05, 0) is 24.7 Å². The lowest BCUT2D eigenvalue weighted by molar-refractivity contribution is 0.112. The first kappa shape index (κ1) is 13.3. The van der Waals surface area contributed by atoms with Crippen molar-refractivity contribution in [2.24, 2.45) is 0 Å². The number of thiophene rings is 1. The zero-order chi connectivity index (χ0) is 13.9. The highest BCUT2D eigenvalue weighted by atomic mass is 32.1. The largest absolute Gasteiger partial charge is 0.354 e. The Morgan fingerprint density at radius 3 is 2.65 bits per heavy atom. The van der Waals surface area contributed by atoms with E-state index in [0.29, 0.717) is 6.04 Å². The fraction of sp³-hybridized carbons (Fsp3) is 0.312. The Morgan fingerprint density at radius 2 is 1.95 bits per heavy atom. The van der Waals surface area contributed by atoms with Gasteiger partial charge in [-0.25, -0.2) is 0 Å². The maximum absolute atomic E-state index is 10.9. The second-order valence-corrected chi connectivity index (χ2v) is 6.27. The van der Waals surface area contributed by atoms with Crippen molar-refractivity contribution in [2.45, 2.75) is 6.04 Å². The van der Waals surface area contributed by atoms with E-state index in [9.17, 15) is 4.79 Å². The van der Waals surface area contributed by atoms with Gasteiger partial charge in [0, 0.05) is 19.6 Å². The number of piperazine rings is 1. The van der Waals surface area contributed by atoms with Gasteiger partial charge >= 0.3 is 0 Å². The number of likely N-dealkylation sites (N-methyl/N-ethyl adjacent to an activating group) is 1. The number of carbonyl (C=O) groups excluding carboxylic acids is 1. The van der Waals surface area contributed by atoms with Crippen LogP contribution in [0.1, 0.15) is 21.3 Å². The minimum Gasteiger partial charge on any atom is -0.354 e. The van der Waals surface area contributed by atoms with Crippen molar-refractivity contribution >= 4 is 22.6 Å². The molecule has 1 saturated heterocycles. The first-order valence-electron chi connectivity index (χ1n) is 6.83. The first-order valence-corrected chi connectivity index (χ1v) is 7.65. The van der Waals surface area contributed by atoms with Crippen LogP contribution in [0.4, 0.5) is 5.00 Å². The van der Waals surface area contributed by atoms with Gasteiger partial charge in [-0.15, -0.1) is 11.3 Å². The predicted molar refractivity (Wildman–Crippen MR) is 83.7 cm³/mol. The maximum atomic E-state index is 10.9. The fourth-order valence-electron chi connectivity index (χ4n) is 2.70. The minimum atomic E-state index is 0.355. The molecule has 0 bridgehead atoms. The number of benzene rings is 1. The van der Waals surface area contributed by atoms with Crippen LogP contribution >= 0.6 is 11.3 Å². The summed E-state index contributed by atoms with van der Waals surface area (Å²) in [6, 6.07) is 14.9. The zero-order valence-electron chi connectivity index (χ0n) is 11.5. The normalized spacial score (nSPS) is 20.1. The molecule has 3 nitrogen and oxygen atoms in total. The molecule has 1 unspecified atom stereocenters. The molecular weight excluding hydrogens is 268 g/mol. The molecule has 3 rings (SSSR count). The second-order valence-electron chi connectivity index (χ2n) is 5.18. The third kappa shape index (κ3) is 2.62. The summed E-state index contributed by atoms with van der Waals surface area (Å²) in [5.41, 5.74) is 1.33. The minimum absolute atomic E-state index is 0.355.